The molecule has 0 aliphatic heterocycles. The van der Waals surface area contributed by atoms with Gasteiger partial charge in [0.2, 0.25) is 5.91 Å². The van der Waals surface area contributed by atoms with Crippen LogP contribution in [0.1, 0.15) is 28.9 Å². The Morgan fingerprint density at radius 3 is 2.70 bits per heavy atom. The minimum atomic E-state index is -0.111. The number of hydrogen-bond acceptors (Lipinski definition) is 4. The molecule has 4 rings (SSSR count). The van der Waals surface area contributed by atoms with Crippen molar-refractivity contribution < 1.29 is 4.79 Å². The summed E-state index contributed by atoms with van der Waals surface area (Å²) in [7, 11) is 0. The molecule has 2 aromatic carbocycles. The molecular formula is C21H20N4OS. The number of aromatic amines is 1. The summed E-state index contributed by atoms with van der Waals surface area (Å²) < 4.78 is 1.16. The number of fused-ring (bicyclic) bond motifs is 1. The van der Waals surface area contributed by atoms with E-state index in [1.165, 1.54) is 0 Å². The van der Waals surface area contributed by atoms with Gasteiger partial charge in [0.1, 0.15) is 5.82 Å². The van der Waals surface area contributed by atoms with Crippen LogP contribution in [-0.2, 0) is 17.6 Å². The van der Waals surface area contributed by atoms with Gasteiger partial charge in [-0.1, -0.05) is 42.5 Å². The third-order valence-corrected chi connectivity index (χ3v) is 5.49. The van der Waals surface area contributed by atoms with Crippen molar-refractivity contribution >= 4 is 27.5 Å². The van der Waals surface area contributed by atoms with Gasteiger partial charge in [-0.05, 0) is 17.7 Å². The molecule has 0 bridgehead atoms. The van der Waals surface area contributed by atoms with Gasteiger partial charge in [-0.2, -0.15) is 0 Å². The first-order chi connectivity index (χ1) is 13.3. The van der Waals surface area contributed by atoms with E-state index in [2.05, 4.69) is 26.3 Å². The number of H-pyrrole nitrogens is 1. The molecule has 0 saturated heterocycles. The number of carbonyl (C=O) groups is 1. The molecule has 0 radical (unpaired) electrons. The van der Waals surface area contributed by atoms with Crippen LogP contribution in [0, 0.1) is 0 Å². The Kier molecular flexibility index (Phi) is 5.25. The standard InChI is InChI=1S/C21H20N4OS/c26-20(10-11-21-25-16-8-4-5-9-18(16)27-21)24-17(14-19-22-12-13-23-19)15-6-2-1-3-7-15/h1-9,12-13,17H,10-11,14H2,(H,22,23)(H,24,26)/t17-/m1/s1. The van der Waals surface area contributed by atoms with Crippen molar-refractivity contribution in [2.24, 2.45) is 0 Å². The number of para-hydroxylation sites is 1. The summed E-state index contributed by atoms with van der Waals surface area (Å²) in [6.07, 6.45) is 5.22. The van der Waals surface area contributed by atoms with E-state index in [0.29, 0.717) is 19.3 Å². The number of thiazole rings is 1. The van der Waals surface area contributed by atoms with E-state index in [1.54, 1.807) is 23.7 Å². The first-order valence-electron chi connectivity index (χ1n) is 8.95. The van der Waals surface area contributed by atoms with Crippen molar-refractivity contribution in [1.29, 1.82) is 0 Å². The number of imidazole rings is 1. The summed E-state index contributed by atoms with van der Waals surface area (Å²) in [5.41, 5.74) is 2.07. The van der Waals surface area contributed by atoms with Gasteiger partial charge in [0.05, 0.1) is 21.3 Å². The van der Waals surface area contributed by atoms with E-state index in [9.17, 15) is 4.79 Å². The number of rotatable bonds is 7. The number of hydrogen-bond donors (Lipinski definition) is 2. The lowest BCUT2D eigenvalue weighted by Gasteiger charge is -2.18. The lowest BCUT2D eigenvalue weighted by Crippen LogP contribution is -2.30. The van der Waals surface area contributed by atoms with Gasteiger partial charge < -0.3 is 10.3 Å². The summed E-state index contributed by atoms with van der Waals surface area (Å²) in [6.45, 7) is 0. The molecule has 4 aromatic rings. The Balaban J connectivity index is 1.41. The maximum atomic E-state index is 12.6. The van der Waals surface area contributed by atoms with E-state index in [-0.39, 0.29) is 11.9 Å². The molecular weight excluding hydrogens is 356 g/mol. The maximum absolute atomic E-state index is 12.6. The Labute approximate surface area is 161 Å². The highest BCUT2D eigenvalue weighted by molar-refractivity contribution is 7.18. The smallest absolute Gasteiger partial charge is 0.220 e. The predicted octanol–water partition coefficient (Wildman–Crippen LogP) is 4.05. The van der Waals surface area contributed by atoms with Crippen molar-refractivity contribution in [2.45, 2.75) is 25.3 Å². The topological polar surface area (TPSA) is 70.7 Å². The maximum Gasteiger partial charge on any atom is 0.220 e. The van der Waals surface area contributed by atoms with Gasteiger partial charge >= 0.3 is 0 Å². The molecule has 27 heavy (non-hydrogen) atoms. The van der Waals surface area contributed by atoms with Crippen LogP contribution in [0.25, 0.3) is 10.2 Å². The Morgan fingerprint density at radius 1 is 1.11 bits per heavy atom. The fourth-order valence-electron chi connectivity index (χ4n) is 3.05. The number of aryl methyl sites for hydroxylation is 1. The third-order valence-electron chi connectivity index (χ3n) is 4.39. The monoisotopic (exact) mass is 376 g/mol. The predicted molar refractivity (Wildman–Crippen MR) is 108 cm³/mol. The lowest BCUT2D eigenvalue weighted by atomic mass is 10.0. The minimum Gasteiger partial charge on any atom is -0.349 e. The molecule has 5 nitrogen and oxygen atoms in total. The highest BCUT2D eigenvalue weighted by Crippen LogP contribution is 2.23. The van der Waals surface area contributed by atoms with E-state index >= 15 is 0 Å². The van der Waals surface area contributed by atoms with E-state index < -0.39 is 0 Å². The summed E-state index contributed by atoms with van der Waals surface area (Å²) in [5, 5.41) is 4.15. The van der Waals surface area contributed by atoms with Gasteiger partial charge in [-0.3, -0.25) is 4.79 Å². The summed E-state index contributed by atoms with van der Waals surface area (Å²) >= 11 is 1.65. The summed E-state index contributed by atoms with van der Waals surface area (Å²) in [4.78, 5) is 24.6. The van der Waals surface area contributed by atoms with Crippen LogP contribution < -0.4 is 5.32 Å². The average Bonchev–Trinajstić information content (AvgIpc) is 3.36. The van der Waals surface area contributed by atoms with Crippen LogP contribution in [0.2, 0.25) is 0 Å². The van der Waals surface area contributed by atoms with Crippen LogP contribution in [-0.4, -0.2) is 20.9 Å². The molecule has 2 aromatic heterocycles. The Bertz CT molecular complexity index is 978. The first-order valence-corrected chi connectivity index (χ1v) is 9.76. The van der Waals surface area contributed by atoms with Crippen molar-refractivity contribution in [1.82, 2.24) is 20.3 Å². The van der Waals surface area contributed by atoms with Crippen LogP contribution in [0.5, 0.6) is 0 Å². The fraction of sp³-hybridized carbons (Fsp3) is 0.190. The largest absolute Gasteiger partial charge is 0.349 e. The second-order valence-electron chi connectivity index (χ2n) is 6.35. The molecule has 0 unspecified atom stereocenters. The normalized spacial score (nSPS) is 12.1. The zero-order valence-electron chi connectivity index (χ0n) is 14.8. The SMILES string of the molecule is O=C(CCc1nc2ccccc2s1)N[C@H](Cc1ncc[nH]1)c1ccccc1. The first kappa shape index (κ1) is 17.4. The molecule has 1 amide bonds. The summed E-state index contributed by atoms with van der Waals surface area (Å²) in [5.74, 6) is 0.880. The highest BCUT2D eigenvalue weighted by Gasteiger charge is 2.17. The van der Waals surface area contributed by atoms with E-state index in [1.807, 2.05) is 48.5 Å². The lowest BCUT2D eigenvalue weighted by molar-refractivity contribution is -0.121. The zero-order valence-corrected chi connectivity index (χ0v) is 15.6. The molecule has 0 aliphatic rings. The third kappa shape index (κ3) is 4.41. The average molecular weight is 376 g/mol. The van der Waals surface area contributed by atoms with Gasteiger partial charge in [0.25, 0.3) is 0 Å². The number of benzene rings is 2. The number of nitrogens with zero attached hydrogens (tertiary/aromatic N) is 2. The second-order valence-corrected chi connectivity index (χ2v) is 7.46. The number of amides is 1. The Hall–Kier alpha value is -2.99. The highest BCUT2D eigenvalue weighted by atomic mass is 32.1. The zero-order chi connectivity index (χ0) is 18.5. The van der Waals surface area contributed by atoms with E-state index in [0.717, 1.165) is 26.6 Å². The number of carbonyl (C=O) groups excluding carboxylic acids is 1. The summed E-state index contributed by atoms with van der Waals surface area (Å²) in [6, 6.07) is 17.9. The molecule has 6 heteroatoms. The van der Waals surface area contributed by atoms with Gasteiger partial charge in [0.15, 0.2) is 0 Å². The quantitative estimate of drug-likeness (QED) is 0.511. The van der Waals surface area contributed by atoms with E-state index in [4.69, 9.17) is 0 Å². The molecule has 2 N–H and O–H groups in total. The molecule has 136 valence electrons. The number of aromatic nitrogens is 3. The van der Waals surface area contributed by atoms with Crippen LogP contribution >= 0.6 is 11.3 Å². The van der Waals surface area contributed by atoms with Gasteiger partial charge in [0, 0.05) is 31.7 Å². The van der Waals surface area contributed by atoms with Crippen molar-refractivity contribution in [3.63, 3.8) is 0 Å². The molecule has 0 spiro atoms. The van der Waals surface area contributed by atoms with Crippen molar-refractivity contribution in [3.05, 3.63) is 83.4 Å². The van der Waals surface area contributed by atoms with Crippen molar-refractivity contribution in [3.8, 4) is 0 Å². The van der Waals surface area contributed by atoms with Gasteiger partial charge in [-0.15, -0.1) is 11.3 Å². The minimum absolute atomic E-state index is 0.0228. The van der Waals surface area contributed by atoms with Crippen LogP contribution in [0.3, 0.4) is 0 Å². The van der Waals surface area contributed by atoms with Crippen LogP contribution in [0.15, 0.2) is 67.0 Å². The number of nitrogens with one attached hydrogen (secondary N) is 2. The molecule has 0 saturated carbocycles. The Morgan fingerprint density at radius 2 is 1.93 bits per heavy atom. The molecule has 0 fully saturated rings. The fourth-order valence-corrected chi connectivity index (χ4v) is 4.02. The second kappa shape index (κ2) is 8.14. The molecule has 1 atom stereocenters. The van der Waals surface area contributed by atoms with Gasteiger partial charge in [-0.25, -0.2) is 9.97 Å². The van der Waals surface area contributed by atoms with Crippen molar-refractivity contribution in [2.75, 3.05) is 0 Å². The molecule has 0 aliphatic carbocycles. The van der Waals surface area contributed by atoms with Crippen LogP contribution in [0.4, 0.5) is 0 Å². The molecule has 2 heterocycles.